The van der Waals surface area contributed by atoms with E-state index < -0.39 is 0 Å². The van der Waals surface area contributed by atoms with Crippen molar-refractivity contribution in [2.24, 2.45) is 5.92 Å². The number of hydrogen-bond acceptors (Lipinski definition) is 5. The van der Waals surface area contributed by atoms with E-state index in [9.17, 15) is 9.59 Å². The van der Waals surface area contributed by atoms with Crippen LogP contribution in [0.1, 0.15) is 48.6 Å². The molecule has 1 atom stereocenters. The predicted molar refractivity (Wildman–Crippen MR) is 137 cm³/mol. The summed E-state index contributed by atoms with van der Waals surface area (Å²) in [6, 6.07) is 16.6. The summed E-state index contributed by atoms with van der Waals surface area (Å²) in [5.41, 5.74) is 2.57. The Kier molecular flexibility index (Phi) is 9.04. The Morgan fingerprint density at radius 1 is 1.09 bits per heavy atom. The first kappa shape index (κ1) is 25.2. The number of carbonyl (C=O) groups is 2. The van der Waals surface area contributed by atoms with Gasteiger partial charge in [0.2, 0.25) is 5.91 Å². The van der Waals surface area contributed by atoms with Gasteiger partial charge in [-0.2, -0.15) is 0 Å². The third-order valence-electron chi connectivity index (χ3n) is 5.30. The van der Waals surface area contributed by atoms with Gasteiger partial charge in [-0.15, -0.1) is 16.8 Å². The first-order chi connectivity index (χ1) is 16.4. The lowest BCUT2D eigenvalue weighted by molar-refractivity contribution is -0.113. The number of nitrogens with zero attached hydrogens (tertiary/aromatic N) is 3. The Labute approximate surface area is 205 Å². The van der Waals surface area contributed by atoms with Gasteiger partial charge < -0.3 is 15.2 Å². The maximum Gasteiger partial charge on any atom is 0.251 e. The molecule has 0 aliphatic carbocycles. The van der Waals surface area contributed by atoms with Crippen LogP contribution in [0.3, 0.4) is 0 Å². The molecule has 0 fully saturated rings. The summed E-state index contributed by atoms with van der Waals surface area (Å²) < 4.78 is 1.90. The molecule has 34 heavy (non-hydrogen) atoms. The Morgan fingerprint density at radius 3 is 2.41 bits per heavy atom. The molecule has 2 aromatic carbocycles. The summed E-state index contributed by atoms with van der Waals surface area (Å²) in [7, 11) is 0. The predicted octanol–water partition coefficient (Wildman–Crippen LogP) is 4.88. The molecule has 0 aliphatic heterocycles. The van der Waals surface area contributed by atoms with E-state index in [0.717, 1.165) is 12.1 Å². The number of aryl methyl sites for hydroxylation is 1. The molecule has 178 valence electrons. The van der Waals surface area contributed by atoms with Gasteiger partial charge in [0.1, 0.15) is 0 Å². The summed E-state index contributed by atoms with van der Waals surface area (Å²) in [6.45, 7) is 10.4. The van der Waals surface area contributed by atoms with Crippen LogP contribution in [0.2, 0.25) is 0 Å². The molecular formula is C26H31N5O2S. The topological polar surface area (TPSA) is 88.9 Å². The smallest absolute Gasteiger partial charge is 0.251 e. The number of carbonyl (C=O) groups excluding carboxylic acids is 2. The highest BCUT2D eigenvalue weighted by atomic mass is 32.2. The van der Waals surface area contributed by atoms with Crippen LogP contribution in [-0.2, 0) is 17.8 Å². The minimum Gasteiger partial charge on any atom is -0.342 e. The van der Waals surface area contributed by atoms with E-state index in [-0.39, 0.29) is 29.5 Å². The maximum atomic E-state index is 12.8. The lowest BCUT2D eigenvalue weighted by Gasteiger charge is -2.22. The first-order valence-electron chi connectivity index (χ1n) is 11.3. The van der Waals surface area contributed by atoms with Gasteiger partial charge in [-0.3, -0.25) is 9.59 Å². The second-order valence-electron chi connectivity index (χ2n) is 8.19. The highest BCUT2D eigenvalue weighted by molar-refractivity contribution is 7.99. The van der Waals surface area contributed by atoms with Crippen LogP contribution in [0.5, 0.6) is 0 Å². The van der Waals surface area contributed by atoms with Crippen LogP contribution in [-0.4, -0.2) is 32.3 Å². The number of thioether (sulfide) groups is 1. The third kappa shape index (κ3) is 6.57. The number of allylic oxidation sites excluding steroid dienone is 1. The monoisotopic (exact) mass is 477 g/mol. The highest BCUT2D eigenvalue weighted by Crippen LogP contribution is 2.26. The van der Waals surface area contributed by atoms with E-state index in [1.807, 2.05) is 60.9 Å². The molecule has 2 N–H and O–H groups in total. The Balaban J connectivity index is 1.72. The van der Waals surface area contributed by atoms with E-state index >= 15 is 0 Å². The number of benzene rings is 2. The molecule has 0 saturated heterocycles. The molecule has 1 aromatic heterocycles. The molecule has 0 aliphatic rings. The van der Waals surface area contributed by atoms with Crippen LogP contribution >= 0.6 is 11.8 Å². The number of anilines is 1. The number of nitrogens with one attached hydrogen (secondary N) is 2. The largest absolute Gasteiger partial charge is 0.342 e. The average molecular weight is 478 g/mol. The lowest BCUT2D eigenvalue weighted by atomic mass is 10.0. The Morgan fingerprint density at radius 2 is 1.79 bits per heavy atom. The van der Waals surface area contributed by atoms with Gasteiger partial charge in [0.25, 0.3) is 5.91 Å². The fourth-order valence-corrected chi connectivity index (χ4v) is 4.19. The molecule has 0 radical (unpaired) electrons. The molecular weight excluding hydrogens is 446 g/mol. The van der Waals surface area contributed by atoms with Crippen molar-refractivity contribution in [1.82, 2.24) is 20.1 Å². The summed E-state index contributed by atoms with van der Waals surface area (Å²) >= 11 is 1.30. The molecule has 0 spiro atoms. The fourth-order valence-electron chi connectivity index (χ4n) is 3.43. The van der Waals surface area contributed by atoms with Gasteiger partial charge in [0.05, 0.1) is 11.8 Å². The first-order valence-corrected chi connectivity index (χ1v) is 12.3. The van der Waals surface area contributed by atoms with Gasteiger partial charge in [-0.05, 0) is 42.2 Å². The maximum absolute atomic E-state index is 12.8. The van der Waals surface area contributed by atoms with Crippen molar-refractivity contribution in [3.8, 4) is 0 Å². The Hall–Kier alpha value is -3.39. The summed E-state index contributed by atoms with van der Waals surface area (Å²) in [4.78, 5) is 25.3. The zero-order chi connectivity index (χ0) is 24.5. The van der Waals surface area contributed by atoms with Crippen molar-refractivity contribution in [3.05, 3.63) is 84.2 Å². The van der Waals surface area contributed by atoms with Crippen molar-refractivity contribution in [3.63, 3.8) is 0 Å². The van der Waals surface area contributed by atoms with E-state index in [2.05, 4.69) is 34.3 Å². The molecule has 2 amide bonds. The molecule has 3 aromatic rings. The molecule has 7 nitrogen and oxygen atoms in total. The molecule has 1 heterocycles. The summed E-state index contributed by atoms with van der Waals surface area (Å²) in [5, 5.41) is 15.3. The van der Waals surface area contributed by atoms with E-state index in [1.165, 1.54) is 17.3 Å². The minimum atomic E-state index is -0.347. The van der Waals surface area contributed by atoms with Crippen molar-refractivity contribution in [1.29, 1.82) is 0 Å². The second kappa shape index (κ2) is 12.2. The van der Waals surface area contributed by atoms with Gasteiger partial charge in [0, 0.05) is 17.8 Å². The quantitative estimate of drug-likeness (QED) is 0.303. The van der Waals surface area contributed by atoms with Crippen LogP contribution in [0.4, 0.5) is 5.69 Å². The number of amides is 2. The Bertz CT molecular complexity index is 1110. The van der Waals surface area contributed by atoms with Crippen molar-refractivity contribution < 1.29 is 9.59 Å². The second-order valence-corrected chi connectivity index (χ2v) is 9.13. The minimum absolute atomic E-state index is 0.0765. The highest BCUT2D eigenvalue weighted by Gasteiger charge is 2.26. The van der Waals surface area contributed by atoms with Crippen LogP contribution in [0.15, 0.2) is 72.4 Å². The summed E-state index contributed by atoms with van der Waals surface area (Å²) in [6.07, 6.45) is 2.71. The van der Waals surface area contributed by atoms with Crippen molar-refractivity contribution in [2.75, 3.05) is 11.1 Å². The number of aromatic nitrogens is 3. The van der Waals surface area contributed by atoms with E-state index in [1.54, 1.807) is 18.2 Å². The zero-order valence-corrected chi connectivity index (χ0v) is 20.6. The lowest BCUT2D eigenvalue weighted by Crippen LogP contribution is -2.33. The molecule has 1 unspecified atom stereocenters. The molecule has 8 heteroatoms. The molecule has 3 rings (SSSR count). The normalized spacial score (nSPS) is 11.8. The van der Waals surface area contributed by atoms with Crippen LogP contribution in [0, 0.1) is 5.92 Å². The SMILES string of the molecule is C=CCn1c(SCC(=O)Nc2ccc(CC)cc2)nnc1C(NC(=O)c1ccccc1)C(C)C. The van der Waals surface area contributed by atoms with E-state index in [0.29, 0.717) is 23.1 Å². The van der Waals surface area contributed by atoms with Gasteiger partial charge in [-0.25, -0.2) is 0 Å². The number of hydrogen-bond donors (Lipinski definition) is 2. The van der Waals surface area contributed by atoms with Crippen molar-refractivity contribution in [2.45, 2.75) is 44.9 Å². The van der Waals surface area contributed by atoms with Gasteiger partial charge in [0.15, 0.2) is 11.0 Å². The average Bonchev–Trinajstić information content (AvgIpc) is 3.24. The third-order valence-corrected chi connectivity index (χ3v) is 6.27. The molecule has 0 saturated carbocycles. The van der Waals surface area contributed by atoms with Crippen LogP contribution < -0.4 is 10.6 Å². The fraction of sp³-hybridized carbons (Fsp3) is 0.308. The van der Waals surface area contributed by atoms with E-state index in [4.69, 9.17) is 0 Å². The zero-order valence-electron chi connectivity index (χ0n) is 19.8. The van der Waals surface area contributed by atoms with Gasteiger partial charge >= 0.3 is 0 Å². The van der Waals surface area contributed by atoms with Crippen LogP contribution in [0.25, 0.3) is 0 Å². The molecule has 0 bridgehead atoms. The van der Waals surface area contributed by atoms with Crippen molar-refractivity contribution >= 4 is 29.3 Å². The number of rotatable bonds is 11. The standard InChI is InChI=1S/C26H31N5O2S/c1-5-16-31-24(23(18(3)4)28-25(33)20-10-8-7-9-11-20)29-30-26(31)34-17-22(32)27-21-14-12-19(6-2)13-15-21/h5,7-15,18,23H,1,6,16-17H2,2-4H3,(H,27,32)(H,28,33). The van der Waals surface area contributed by atoms with Gasteiger partial charge in [-0.1, -0.05) is 68.9 Å². The summed E-state index contributed by atoms with van der Waals surface area (Å²) in [5.74, 6) is 0.606.